The van der Waals surface area contributed by atoms with Gasteiger partial charge in [0, 0.05) is 6.42 Å². The van der Waals surface area contributed by atoms with Crippen LogP contribution in [-0.2, 0) is 24.2 Å². The van der Waals surface area contributed by atoms with Crippen molar-refractivity contribution in [3.63, 3.8) is 0 Å². The number of unbranched alkanes of at least 4 members (excludes halogenated alkanes) is 4. The average molecular weight is 305 g/mol. The summed E-state index contributed by atoms with van der Waals surface area (Å²) in [5, 5.41) is 2.40. The molecule has 1 fully saturated rings. The number of esters is 1. The molecule has 1 atom stereocenters. The molecule has 0 aromatic carbocycles. The molecule has 6 nitrogen and oxygen atoms in total. The maximum Gasteiger partial charge on any atom is 0.328 e. The van der Waals surface area contributed by atoms with Crippen LogP contribution in [0.2, 0.25) is 0 Å². The molecule has 0 radical (unpaired) electrons. The fraction of sp³-hybridized carbons (Fsp3) is 0.846. The third-order valence-corrected chi connectivity index (χ3v) is 4.79. The van der Waals surface area contributed by atoms with Gasteiger partial charge in [0.25, 0.3) is 0 Å². The van der Waals surface area contributed by atoms with Crippen molar-refractivity contribution >= 4 is 21.7 Å². The number of carbonyl (C=O) groups is 2. The lowest BCUT2D eigenvalue weighted by molar-refractivity contribution is -0.141. The summed E-state index contributed by atoms with van der Waals surface area (Å²) in [6.45, 7) is 2.36. The zero-order chi connectivity index (χ0) is 15.0. The Hall–Kier alpha value is -1.11. The molecular weight excluding hydrogens is 282 g/mol. The third-order valence-electron chi connectivity index (χ3n) is 3.18. The van der Waals surface area contributed by atoms with Gasteiger partial charge in [-0.3, -0.25) is 4.79 Å². The molecule has 1 rings (SSSR count). The van der Waals surface area contributed by atoms with Crippen LogP contribution in [0.15, 0.2) is 0 Å². The summed E-state index contributed by atoms with van der Waals surface area (Å²) in [6, 6.07) is -0.692. The number of cyclic esters (lactones) is 1. The highest BCUT2D eigenvalue weighted by atomic mass is 32.2. The molecule has 0 unspecified atom stereocenters. The lowest BCUT2D eigenvalue weighted by Crippen LogP contribution is -2.41. The predicted molar refractivity (Wildman–Crippen MR) is 74.9 cm³/mol. The summed E-state index contributed by atoms with van der Waals surface area (Å²) < 4.78 is 28.2. The van der Waals surface area contributed by atoms with Gasteiger partial charge in [-0.1, -0.05) is 32.6 Å². The normalized spacial score (nSPS) is 18.9. The Morgan fingerprint density at radius 3 is 2.60 bits per heavy atom. The fourth-order valence-corrected chi connectivity index (χ4v) is 3.33. The van der Waals surface area contributed by atoms with E-state index in [-0.39, 0.29) is 12.4 Å². The van der Waals surface area contributed by atoms with Crippen LogP contribution in [0, 0.1) is 0 Å². The van der Waals surface area contributed by atoms with Crippen molar-refractivity contribution in [1.82, 2.24) is 5.32 Å². The molecule has 0 spiro atoms. The summed E-state index contributed by atoms with van der Waals surface area (Å²) in [4.78, 5) is 22.8. The van der Waals surface area contributed by atoms with E-state index < -0.39 is 33.5 Å². The van der Waals surface area contributed by atoms with E-state index >= 15 is 0 Å². The molecule has 1 saturated heterocycles. The lowest BCUT2D eigenvalue weighted by atomic mass is 10.2. The van der Waals surface area contributed by atoms with E-state index in [1.807, 2.05) is 0 Å². The second kappa shape index (κ2) is 8.24. The topological polar surface area (TPSA) is 89.5 Å². The van der Waals surface area contributed by atoms with Crippen LogP contribution in [0.4, 0.5) is 0 Å². The van der Waals surface area contributed by atoms with Gasteiger partial charge in [-0.05, 0) is 6.42 Å². The minimum Gasteiger partial charge on any atom is -0.464 e. The standard InChI is InChI=1S/C13H23NO5S/c1-2-3-4-5-6-9-20(17,18)10-12(15)14-11-7-8-19-13(11)16/h11H,2-10H2,1H3,(H,14,15)/t11-/m0/s1. The van der Waals surface area contributed by atoms with E-state index in [0.717, 1.165) is 25.7 Å². The summed E-state index contributed by atoms with van der Waals surface area (Å²) in [7, 11) is -3.39. The number of amides is 1. The number of nitrogens with one attached hydrogen (secondary N) is 1. The quantitative estimate of drug-likeness (QED) is 0.503. The molecule has 0 aromatic rings. The van der Waals surface area contributed by atoms with Crippen LogP contribution in [-0.4, -0.2) is 44.4 Å². The van der Waals surface area contributed by atoms with Crippen molar-refractivity contribution in [2.45, 2.75) is 51.5 Å². The van der Waals surface area contributed by atoms with E-state index in [2.05, 4.69) is 12.2 Å². The largest absolute Gasteiger partial charge is 0.464 e. The smallest absolute Gasteiger partial charge is 0.328 e. The fourth-order valence-electron chi connectivity index (χ4n) is 2.06. The van der Waals surface area contributed by atoms with Crippen LogP contribution in [0.1, 0.15) is 45.4 Å². The summed E-state index contributed by atoms with van der Waals surface area (Å²) in [6.07, 6.45) is 5.08. The van der Waals surface area contributed by atoms with Crippen molar-refractivity contribution in [2.75, 3.05) is 18.1 Å². The van der Waals surface area contributed by atoms with Gasteiger partial charge in [-0.25, -0.2) is 13.2 Å². The van der Waals surface area contributed by atoms with Gasteiger partial charge in [0.2, 0.25) is 5.91 Å². The van der Waals surface area contributed by atoms with Gasteiger partial charge in [0.15, 0.2) is 9.84 Å². The Balaban J connectivity index is 2.26. The van der Waals surface area contributed by atoms with E-state index in [9.17, 15) is 18.0 Å². The van der Waals surface area contributed by atoms with Crippen molar-refractivity contribution in [2.24, 2.45) is 0 Å². The van der Waals surface area contributed by atoms with Gasteiger partial charge in [0.05, 0.1) is 12.4 Å². The van der Waals surface area contributed by atoms with E-state index in [1.165, 1.54) is 0 Å². The Morgan fingerprint density at radius 1 is 1.30 bits per heavy atom. The van der Waals surface area contributed by atoms with Crippen molar-refractivity contribution in [1.29, 1.82) is 0 Å². The van der Waals surface area contributed by atoms with E-state index in [4.69, 9.17) is 4.74 Å². The lowest BCUT2D eigenvalue weighted by Gasteiger charge is -2.09. The highest BCUT2D eigenvalue weighted by molar-refractivity contribution is 7.92. The van der Waals surface area contributed by atoms with E-state index in [1.54, 1.807) is 0 Å². The average Bonchev–Trinajstić information content (AvgIpc) is 2.74. The first-order valence-electron chi connectivity index (χ1n) is 7.11. The second-order valence-corrected chi connectivity index (χ2v) is 7.27. The number of rotatable bonds is 9. The molecule has 7 heteroatoms. The van der Waals surface area contributed by atoms with Gasteiger partial charge in [0.1, 0.15) is 11.8 Å². The second-order valence-electron chi connectivity index (χ2n) is 5.08. The molecule has 1 heterocycles. The highest BCUT2D eigenvalue weighted by Gasteiger charge is 2.29. The van der Waals surface area contributed by atoms with E-state index in [0.29, 0.717) is 12.8 Å². The van der Waals surface area contributed by atoms with Crippen LogP contribution in [0.25, 0.3) is 0 Å². The van der Waals surface area contributed by atoms with Gasteiger partial charge < -0.3 is 10.1 Å². The van der Waals surface area contributed by atoms with Crippen LogP contribution < -0.4 is 5.32 Å². The Morgan fingerprint density at radius 2 is 2.00 bits per heavy atom. The van der Waals surface area contributed by atoms with Crippen molar-refractivity contribution in [3.8, 4) is 0 Å². The molecular formula is C13H23NO5S. The Labute approximate surface area is 120 Å². The maximum absolute atomic E-state index is 11.8. The number of hydrogen-bond acceptors (Lipinski definition) is 5. The zero-order valence-corrected chi connectivity index (χ0v) is 12.7. The minimum absolute atomic E-state index is 0.0270. The van der Waals surface area contributed by atoms with Crippen LogP contribution in [0.5, 0.6) is 0 Å². The Bertz CT molecular complexity index is 432. The SMILES string of the molecule is CCCCCCCS(=O)(=O)CC(=O)N[C@H]1CCOC1=O. The molecule has 0 aliphatic carbocycles. The zero-order valence-electron chi connectivity index (χ0n) is 11.9. The van der Waals surface area contributed by atoms with Gasteiger partial charge in [-0.15, -0.1) is 0 Å². The monoisotopic (exact) mass is 305 g/mol. The molecule has 20 heavy (non-hydrogen) atoms. The first kappa shape index (κ1) is 16.9. The molecule has 0 bridgehead atoms. The van der Waals surface area contributed by atoms with Crippen molar-refractivity contribution < 1.29 is 22.7 Å². The molecule has 1 aliphatic rings. The number of carbonyl (C=O) groups excluding carboxylic acids is 2. The first-order chi connectivity index (χ1) is 9.44. The number of sulfone groups is 1. The predicted octanol–water partition coefficient (Wildman–Crippen LogP) is 0.803. The van der Waals surface area contributed by atoms with Crippen LogP contribution in [0.3, 0.4) is 0 Å². The number of ether oxygens (including phenoxy) is 1. The third kappa shape index (κ3) is 6.36. The molecule has 0 aromatic heterocycles. The maximum atomic E-state index is 11.8. The van der Waals surface area contributed by atoms with Crippen molar-refractivity contribution in [3.05, 3.63) is 0 Å². The molecule has 116 valence electrons. The van der Waals surface area contributed by atoms with Crippen LogP contribution >= 0.6 is 0 Å². The molecule has 1 aliphatic heterocycles. The summed E-state index contributed by atoms with van der Waals surface area (Å²) in [5.41, 5.74) is 0. The number of hydrogen-bond donors (Lipinski definition) is 1. The highest BCUT2D eigenvalue weighted by Crippen LogP contribution is 2.07. The molecule has 1 amide bonds. The summed E-state index contributed by atoms with van der Waals surface area (Å²) >= 11 is 0. The molecule has 1 N–H and O–H groups in total. The Kier molecular flexibility index (Phi) is 6.98. The minimum atomic E-state index is -3.39. The first-order valence-corrected chi connectivity index (χ1v) is 8.93. The van der Waals surface area contributed by atoms with Gasteiger partial charge >= 0.3 is 5.97 Å². The van der Waals surface area contributed by atoms with Gasteiger partial charge in [-0.2, -0.15) is 0 Å². The summed E-state index contributed by atoms with van der Waals surface area (Å²) in [5.74, 6) is -1.64. The molecule has 0 saturated carbocycles.